The van der Waals surface area contributed by atoms with Crippen LogP contribution in [0.25, 0.3) is 0 Å². The summed E-state index contributed by atoms with van der Waals surface area (Å²) in [6, 6.07) is 15.9. The molecular weight excluding hydrogens is 334 g/mol. The maximum Gasteiger partial charge on any atom is 0.329 e. The van der Waals surface area contributed by atoms with E-state index >= 15 is 0 Å². The number of amides is 1. The lowest BCUT2D eigenvalue weighted by atomic mass is 9.91. The molecule has 0 unspecified atom stereocenters. The molecule has 0 saturated heterocycles. The van der Waals surface area contributed by atoms with Crippen LogP contribution in [0.15, 0.2) is 60.7 Å². The van der Waals surface area contributed by atoms with Crippen molar-refractivity contribution in [2.45, 2.75) is 18.9 Å². The number of nitrogens with one attached hydrogen (secondary N) is 1. The second kappa shape index (κ2) is 9.36. The fourth-order valence-electron chi connectivity index (χ4n) is 2.58. The van der Waals surface area contributed by atoms with Crippen molar-refractivity contribution >= 4 is 17.8 Å². The zero-order chi connectivity index (χ0) is 18.9. The SMILES string of the molecule is CCOC(=O)[C@@H](NC(=O)c1ccccc1)[C@@H](C(=O)OC)c1ccccc1. The zero-order valence-electron chi connectivity index (χ0n) is 14.7. The highest BCUT2D eigenvalue weighted by atomic mass is 16.5. The van der Waals surface area contributed by atoms with Crippen LogP contribution in [0, 0.1) is 0 Å². The molecule has 0 bridgehead atoms. The Bertz CT molecular complexity index is 745. The second-order valence-electron chi connectivity index (χ2n) is 5.48. The summed E-state index contributed by atoms with van der Waals surface area (Å²) in [6.45, 7) is 1.78. The van der Waals surface area contributed by atoms with E-state index in [1.165, 1.54) is 7.11 Å². The maximum atomic E-state index is 12.5. The van der Waals surface area contributed by atoms with E-state index in [4.69, 9.17) is 9.47 Å². The molecule has 6 heteroatoms. The molecule has 2 aromatic carbocycles. The smallest absolute Gasteiger partial charge is 0.329 e. The standard InChI is InChI=1S/C20H21NO5/c1-3-26-20(24)17(21-18(22)15-12-8-5-9-13-15)16(19(23)25-2)14-10-6-4-7-11-14/h4-13,16-17H,3H2,1-2H3,(H,21,22)/t16-,17-/m0/s1. The molecule has 26 heavy (non-hydrogen) atoms. The number of carbonyl (C=O) groups is 3. The molecular formula is C20H21NO5. The monoisotopic (exact) mass is 355 g/mol. The summed E-state index contributed by atoms with van der Waals surface area (Å²) in [5.41, 5.74) is 0.921. The number of ether oxygens (including phenoxy) is 2. The molecule has 2 atom stereocenters. The van der Waals surface area contributed by atoms with Gasteiger partial charge in [-0.1, -0.05) is 48.5 Å². The van der Waals surface area contributed by atoms with E-state index in [-0.39, 0.29) is 6.61 Å². The van der Waals surface area contributed by atoms with Gasteiger partial charge in [-0.2, -0.15) is 0 Å². The number of benzene rings is 2. The second-order valence-corrected chi connectivity index (χ2v) is 5.48. The molecule has 0 spiro atoms. The highest BCUT2D eigenvalue weighted by Gasteiger charge is 2.38. The van der Waals surface area contributed by atoms with Crippen LogP contribution in [0.3, 0.4) is 0 Å². The Kier molecular flexibility index (Phi) is 6.91. The fourth-order valence-corrected chi connectivity index (χ4v) is 2.58. The molecule has 0 heterocycles. The lowest BCUT2D eigenvalue weighted by molar-refractivity contribution is -0.152. The predicted molar refractivity (Wildman–Crippen MR) is 95.5 cm³/mol. The summed E-state index contributed by atoms with van der Waals surface area (Å²) < 4.78 is 9.94. The van der Waals surface area contributed by atoms with E-state index in [1.807, 2.05) is 0 Å². The molecule has 0 aliphatic heterocycles. The van der Waals surface area contributed by atoms with Gasteiger partial charge in [0.1, 0.15) is 12.0 Å². The van der Waals surface area contributed by atoms with Gasteiger partial charge in [0.25, 0.3) is 5.91 Å². The molecule has 136 valence electrons. The van der Waals surface area contributed by atoms with Gasteiger partial charge in [-0.25, -0.2) is 4.79 Å². The molecule has 2 aromatic rings. The van der Waals surface area contributed by atoms with E-state index < -0.39 is 29.8 Å². The summed E-state index contributed by atoms with van der Waals surface area (Å²) in [5, 5.41) is 2.62. The van der Waals surface area contributed by atoms with Crippen molar-refractivity contribution in [3.8, 4) is 0 Å². The molecule has 0 fully saturated rings. The number of hydrogen-bond donors (Lipinski definition) is 1. The van der Waals surface area contributed by atoms with Gasteiger partial charge in [-0.05, 0) is 24.6 Å². The number of esters is 2. The molecule has 1 N–H and O–H groups in total. The van der Waals surface area contributed by atoms with Gasteiger partial charge < -0.3 is 14.8 Å². The molecule has 0 saturated carbocycles. The Morgan fingerprint density at radius 1 is 0.923 bits per heavy atom. The van der Waals surface area contributed by atoms with Crippen LogP contribution in [-0.4, -0.2) is 37.6 Å². The lowest BCUT2D eigenvalue weighted by Gasteiger charge is -2.25. The Balaban J connectivity index is 2.38. The van der Waals surface area contributed by atoms with Crippen molar-refractivity contribution in [3.63, 3.8) is 0 Å². The fraction of sp³-hybridized carbons (Fsp3) is 0.250. The van der Waals surface area contributed by atoms with Crippen LogP contribution >= 0.6 is 0 Å². The van der Waals surface area contributed by atoms with Crippen LogP contribution in [0.2, 0.25) is 0 Å². The van der Waals surface area contributed by atoms with E-state index in [2.05, 4.69) is 5.32 Å². The first-order chi connectivity index (χ1) is 12.6. The van der Waals surface area contributed by atoms with Crippen molar-refractivity contribution in [2.24, 2.45) is 0 Å². The van der Waals surface area contributed by atoms with Crippen molar-refractivity contribution in [1.29, 1.82) is 0 Å². The highest BCUT2D eigenvalue weighted by molar-refractivity contribution is 5.98. The largest absolute Gasteiger partial charge is 0.468 e. The third kappa shape index (κ3) is 4.69. The van der Waals surface area contributed by atoms with Gasteiger partial charge in [0.15, 0.2) is 0 Å². The van der Waals surface area contributed by atoms with E-state index in [9.17, 15) is 14.4 Å². The van der Waals surface area contributed by atoms with E-state index in [0.717, 1.165) is 0 Å². The van der Waals surface area contributed by atoms with Gasteiger partial charge in [0, 0.05) is 5.56 Å². The first-order valence-corrected chi connectivity index (χ1v) is 8.23. The average molecular weight is 355 g/mol. The van der Waals surface area contributed by atoms with Crippen molar-refractivity contribution < 1.29 is 23.9 Å². The van der Waals surface area contributed by atoms with Crippen LogP contribution < -0.4 is 5.32 Å². The van der Waals surface area contributed by atoms with Crippen LogP contribution in [0.4, 0.5) is 0 Å². The van der Waals surface area contributed by atoms with Gasteiger partial charge in [0.05, 0.1) is 13.7 Å². The summed E-state index contributed by atoms with van der Waals surface area (Å²) in [4.78, 5) is 37.4. The van der Waals surface area contributed by atoms with Gasteiger partial charge >= 0.3 is 11.9 Å². The Hall–Kier alpha value is -3.15. The van der Waals surface area contributed by atoms with E-state index in [0.29, 0.717) is 11.1 Å². The molecule has 0 aromatic heterocycles. The Morgan fingerprint density at radius 2 is 1.50 bits per heavy atom. The van der Waals surface area contributed by atoms with Crippen LogP contribution in [0.1, 0.15) is 28.8 Å². The molecule has 2 rings (SSSR count). The average Bonchev–Trinajstić information content (AvgIpc) is 2.68. The third-order valence-corrected chi connectivity index (χ3v) is 3.81. The summed E-state index contributed by atoms with van der Waals surface area (Å²) in [7, 11) is 1.24. The Labute approximate surface area is 152 Å². The van der Waals surface area contributed by atoms with Crippen molar-refractivity contribution in [1.82, 2.24) is 5.32 Å². The van der Waals surface area contributed by atoms with Gasteiger partial charge in [0.2, 0.25) is 0 Å². The van der Waals surface area contributed by atoms with Gasteiger partial charge in [-0.3, -0.25) is 9.59 Å². The summed E-state index contributed by atoms with van der Waals surface area (Å²) in [6.07, 6.45) is 0. The number of carbonyl (C=O) groups excluding carboxylic acids is 3. The minimum absolute atomic E-state index is 0.124. The van der Waals surface area contributed by atoms with Crippen LogP contribution in [0.5, 0.6) is 0 Å². The molecule has 6 nitrogen and oxygen atoms in total. The number of rotatable bonds is 7. The normalized spacial score (nSPS) is 12.5. The van der Waals surface area contributed by atoms with Crippen molar-refractivity contribution in [2.75, 3.05) is 13.7 Å². The minimum Gasteiger partial charge on any atom is -0.468 e. The number of hydrogen-bond acceptors (Lipinski definition) is 5. The highest BCUT2D eigenvalue weighted by Crippen LogP contribution is 2.23. The predicted octanol–water partition coefficient (Wildman–Crippen LogP) is 2.30. The molecule has 1 amide bonds. The molecule has 0 aliphatic rings. The first kappa shape index (κ1) is 19.2. The topological polar surface area (TPSA) is 81.7 Å². The first-order valence-electron chi connectivity index (χ1n) is 8.23. The molecule has 0 radical (unpaired) electrons. The lowest BCUT2D eigenvalue weighted by Crippen LogP contribution is -2.48. The van der Waals surface area contributed by atoms with E-state index in [1.54, 1.807) is 67.6 Å². The quantitative estimate of drug-likeness (QED) is 0.771. The zero-order valence-corrected chi connectivity index (χ0v) is 14.7. The summed E-state index contributed by atoms with van der Waals surface area (Å²) >= 11 is 0. The minimum atomic E-state index is -1.21. The van der Waals surface area contributed by atoms with Crippen molar-refractivity contribution in [3.05, 3.63) is 71.8 Å². The molecule has 0 aliphatic carbocycles. The van der Waals surface area contributed by atoms with Gasteiger partial charge in [-0.15, -0.1) is 0 Å². The Morgan fingerprint density at radius 3 is 2.04 bits per heavy atom. The summed E-state index contributed by atoms with van der Waals surface area (Å²) in [5.74, 6) is -2.83. The third-order valence-electron chi connectivity index (χ3n) is 3.81. The maximum absolute atomic E-state index is 12.5. The van der Waals surface area contributed by atoms with Crippen LogP contribution in [-0.2, 0) is 19.1 Å². The number of methoxy groups -OCH3 is 1.